The molecule has 0 spiro atoms. The smallest absolute Gasteiger partial charge is 0.227 e. The van der Waals surface area contributed by atoms with Crippen molar-refractivity contribution in [2.45, 2.75) is 25.3 Å². The number of nitrogens with zero attached hydrogens (tertiary/aromatic N) is 1. The first-order valence-electron chi connectivity index (χ1n) is 4.76. The molecular formula is C9H17ClN2O. The fourth-order valence-corrected chi connectivity index (χ4v) is 1.80. The van der Waals surface area contributed by atoms with E-state index in [4.69, 9.17) is 0 Å². The Labute approximate surface area is 85.3 Å². The summed E-state index contributed by atoms with van der Waals surface area (Å²) in [6.07, 6.45) is 3.45. The normalized spacial score (nSPS) is 26.7. The molecule has 0 unspecified atom stereocenters. The SMILES string of the molecule is CN(C(=O)[C@H]1CCNC1)C1CC1.Cl. The Kier molecular flexibility index (Phi) is 3.56. The second kappa shape index (κ2) is 4.29. The molecule has 1 saturated carbocycles. The molecule has 4 heteroatoms. The average Bonchev–Trinajstić information content (AvgIpc) is 2.79. The largest absolute Gasteiger partial charge is 0.342 e. The van der Waals surface area contributed by atoms with Crippen molar-refractivity contribution in [3.8, 4) is 0 Å². The van der Waals surface area contributed by atoms with Gasteiger partial charge in [-0.25, -0.2) is 0 Å². The minimum Gasteiger partial charge on any atom is -0.342 e. The van der Waals surface area contributed by atoms with Gasteiger partial charge in [0, 0.05) is 19.6 Å². The van der Waals surface area contributed by atoms with E-state index in [2.05, 4.69) is 5.32 Å². The molecule has 0 aromatic heterocycles. The molecule has 76 valence electrons. The van der Waals surface area contributed by atoms with Crippen LogP contribution in [0, 0.1) is 5.92 Å². The zero-order valence-electron chi connectivity index (χ0n) is 7.95. The van der Waals surface area contributed by atoms with Gasteiger partial charge in [-0.2, -0.15) is 0 Å². The topological polar surface area (TPSA) is 32.3 Å². The van der Waals surface area contributed by atoms with Crippen LogP contribution in [0.25, 0.3) is 0 Å². The highest BCUT2D eigenvalue weighted by Gasteiger charge is 2.33. The van der Waals surface area contributed by atoms with Gasteiger partial charge in [-0.15, -0.1) is 12.4 Å². The first kappa shape index (κ1) is 10.8. The molecule has 2 aliphatic rings. The minimum atomic E-state index is 0. The second-order valence-electron chi connectivity index (χ2n) is 3.87. The van der Waals surface area contributed by atoms with Crippen LogP contribution >= 0.6 is 12.4 Å². The van der Waals surface area contributed by atoms with Crippen LogP contribution in [0.1, 0.15) is 19.3 Å². The van der Waals surface area contributed by atoms with Crippen molar-refractivity contribution in [2.24, 2.45) is 5.92 Å². The number of amides is 1. The van der Waals surface area contributed by atoms with Crippen LogP contribution in [0.5, 0.6) is 0 Å². The van der Waals surface area contributed by atoms with Gasteiger partial charge in [0.2, 0.25) is 5.91 Å². The molecule has 1 N–H and O–H groups in total. The third-order valence-electron chi connectivity index (χ3n) is 2.85. The maximum atomic E-state index is 11.7. The van der Waals surface area contributed by atoms with Gasteiger partial charge < -0.3 is 10.2 Å². The van der Waals surface area contributed by atoms with E-state index in [1.165, 1.54) is 12.8 Å². The highest BCUT2D eigenvalue weighted by atomic mass is 35.5. The van der Waals surface area contributed by atoms with Crippen molar-refractivity contribution < 1.29 is 4.79 Å². The fourth-order valence-electron chi connectivity index (χ4n) is 1.80. The summed E-state index contributed by atoms with van der Waals surface area (Å²) in [6, 6.07) is 0.568. The van der Waals surface area contributed by atoms with Gasteiger partial charge in [0.1, 0.15) is 0 Å². The molecule has 1 amide bonds. The Morgan fingerprint density at radius 3 is 2.54 bits per heavy atom. The van der Waals surface area contributed by atoms with Gasteiger partial charge >= 0.3 is 0 Å². The Morgan fingerprint density at radius 1 is 1.38 bits per heavy atom. The van der Waals surface area contributed by atoms with Crippen molar-refractivity contribution in [3.63, 3.8) is 0 Å². The molecule has 0 aromatic rings. The highest BCUT2D eigenvalue weighted by Crippen LogP contribution is 2.27. The van der Waals surface area contributed by atoms with Crippen molar-refractivity contribution in [1.82, 2.24) is 10.2 Å². The van der Waals surface area contributed by atoms with Crippen molar-refractivity contribution in [1.29, 1.82) is 0 Å². The molecule has 2 fully saturated rings. The highest BCUT2D eigenvalue weighted by molar-refractivity contribution is 5.85. The van der Waals surface area contributed by atoms with E-state index in [0.29, 0.717) is 11.9 Å². The quantitative estimate of drug-likeness (QED) is 0.716. The number of halogens is 1. The molecular weight excluding hydrogens is 188 g/mol. The lowest BCUT2D eigenvalue weighted by Crippen LogP contribution is -2.35. The zero-order chi connectivity index (χ0) is 8.55. The molecule has 1 aliphatic heterocycles. The number of nitrogens with one attached hydrogen (secondary N) is 1. The number of carbonyl (C=O) groups excluding carboxylic acids is 1. The van der Waals surface area contributed by atoms with Crippen LogP contribution < -0.4 is 5.32 Å². The van der Waals surface area contributed by atoms with Gasteiger partial charge in [0.15, 0.2) is 0 Å². The fraction of sp³-hybridized carbons (Fsp3) is 0.889. The molecule has 1 saturated heterocycles. The first-order valence-corrected chi connectivity index (χ1v) is 4.76. The molecule has 2 rings (SSSR count). The summed E-state index contributed by atoms with van der Waals surface area (Å²) in [5.74, 6) is 0.609. The van der Waals surface area contributed by atoms with E-state index >= 15 is 0 Å². The minimum absolute atomic E-state index is 0. The molecule has 1 heterocycles. The predicted octanol–water partition coefficient (Wildman–Crippen LogP) is 0.638. The number of rotatable bonds is 2. The molecule has 1 aliphatic carbocycles. The Bertz CT molecular complexity index is 184. The molecule has 13 heavy (non-hydrogen) atoms. The van der Waals surface area contributed by atoms with Gasteiger partial charge in [0.05, 0.1) is 5.92 Å². The van der Waals surface area contributed by atoms with Crippen LogP contribution in [0.4, 0.5) is 0 Å². The molecule has 0 radical (unpaired) electrons. The van der Waals surface area contributed by atoms with E-state index in [1.54, 1.807) is 0 Å². The molecule has 0 aromatic carbocycles. The van der Waals surface area contributed by atoms with Crippen molar-refractivity contribution in [3.05, 3.63) is 0 Å². The zero-order valence-corrected chi connectivity index (χ0v) is 8.77. The number of hydrogen-bond donors (Lipinski definition) is 1. The van der Waals surface area contributed by atoms with Crippen molar-refractivity contribution in [2.75, 3.05) is 20.1 Å². The standard InChI is InChI=1S/C9H16N2O.ClH/c1-11(8-2-3-8)9(12)7-4-5-10-6-7;/h7-8,10H,2-6H2,1H3;1H/t7-;/m0./s1. The summed E-state index contributed by atoms with van der Waals surface area (Å²) < 4.78 is 0. The number of carbonyl (C=O) groups is 1. The summed E-state index contributed by atoms with van der Waals surface area (Å²) in [4.78, 5) is 13.7. The van der Waals surface area contributed by atoms with E-state index in [-0.39, 0.29) is 18.3 Å². The van der Waals surface area contributed by atoms with E-state index in [0.717, 1.165) is 19.5 Å². The van der Waals surface area contributed by atoms with Crippen LogP contribution in [-0.4, -0.2) is 37.0 Å². The summed E-state index contributed by atoms with van der Waals surface area (Å²) in [7, 11) is 1.94. The Morgan fingerprint density at radius 2 is 2.08 bits per heavy atom. The molecule has 1 atom stereocenters. The Hall–Kier alpha value is -0.280. The first-order chi connectivity index (χ1) is 5.79. The average molecular weight is 205 g/mol. The molecule has 0 bridgehead atoms. The maximum Gasteiger partial charge on any atom is 0.227 e. The van der Waals surface area contributed by atoms with Gasteiger partial charge in [0.25, 0.3) is 0 Å². The van der Waals surface area contributed by atoms with E-state index < -0.39 is 0 Å². The molecule has 3 nitrogen and oxygen atoms in total. The summed E-state index contributed by atoms with van der Waals surface area (Å²) >= 11 is 0. The summed E-state index contributed by atoms with van der Waals surface area (Å²) in [5, 5.41) is 3.22. The lowest BCUT2D eigenvalue weighted by Gasteiger charge is -2.19. The Balaban J connectivity index is 0.000000845. The lowest BCUT2D eigenvalue weighted by molar-refractivity contribution is -0.134. The number of hydrogen-bond acceptors (Lipinski definition) is 2. The van der Waals surface area contributed by atoms with Crippen LogP contribution in [0.2, 0.25) is 0 Å². The predicted molar refractivity (Wildman–Crippen MR) is 54.0 cm³/mol. The second-order valence-corrected chi connectivity index (χ2v) is 3.87. The van der Waals surface area contributed by atoms with E-state index in [9.17, 15) is 4.79 Å². The van der Waals surface area contributed by atoms with Crippen LogP contribution in [0.3, 0.4) is 0 Å². The van der Waals surface area contributed by atoms with Gasteiger partial charge in [-0.05, 0) is 25.8 Å². The van der Waals surface area contributed by atoms with E-state index in [1.807, 2.05) is 11.9 Å². The van der Waals surface area contributed by atoms with Crippen LogP contribution in [0.15, 0.2) is 0 Å². The van der Waals surface area contributed by atoms with Gasteiger partial charge in [-0.3, -0.25) is 4.79 Å². The van der Waals surface area contributed by atoms with Crippen LogP contribution in [-0.2, 0) is 4.79 Å². The van der Waals surface area contributed by atoms with Crippen molar-refractivity contribution >= 4 is 18.3 Å². The monoisotopic (exact) mass is 204 g/mol. The third kappa shape index (κ3) is 2.35. The third-order valence-corrected chi connectivity index (χ3v) is 2.85. The van der Waals surface area contributed by atoms with Gasteiger partial charge in [-0.1, -0.05) is 0 Å². The maximum absolute atomic E-state index is 11.7. The summed E-state index contributed by atoms with van der Waals surface area (Å²) in [5.41, 5.74) is 0. The summed E-state index contributed by atoms with van der Waals surface area (Å²) in [6.45, 7) is 1.89. The lowest BCUT2D eigenvalue weighted by atomic mass is 10.1.